The standard InChI is InChI=1S/C17H21BrN4O2/c1-11-5-6-13(10-14(11)18)21-17-20-12(2)9-15(22-17)16(23)19-7-4-8-24-3/h5-6,9-10H,4,7-8H2,1-3H3,(H,19,23)(H,20,21,22). The van der Waals surface area contributed by atoms with Crippen molar-refractivity contribution in [2.75, 3.05) is 25.6 Å². The molecule has 0 aliphatic rings. The van der Waals surface area contributed by atoms with E-state index in [4.69, 9.17) is 4.74 Å². The van der Waals surface area contributed by atoms with E-state index in [1.54, 1.807) is 13.2 Å². The highest BCUT2D eigenvalue weighted by Gasteiger charge is 2.10. The number of amides is 1. The molecule has 1 heterocycles. The Morgan fingerprint density at radius 1 is 1.25 bits per heavy atom. The van der Waals surface area contributed by atoms with Gasteiger partial charge in [-0.3, -0.25) is 4.79 Å². The zero-order valence-corrected chi connectivity index (χ0v) is 15.6. The molecule has 7 heteroatoms. The maximum atomic E-state index is 12.2. The first kappa shape index (κ1) is 18.4. The molecule has 0 saturated heterocycles. The Labute approximate surface area is 150 Å². The van der Waals surface area contributed by atoms with Gasteiger partial charge in [-0.1, -0.05) is 22.0 Å². The highest BCUT2D eigenvalue weighted by Crippen LogP contribution is 2.22. The topological polar surface area (TPSA) is 76.1 Å². The summed E-state index contributed by atoms with van der Waals surface area (Å²) in [5, 5.41) is 5.96. The van der Waals surface area contributed by atoms with Crippen molar-refractivity contribution in [1.29, 1.82) is 0 Å². The summed E-state index contributed by atoms with van der Waals surface area (Å²) in [6.07, 6.45) is 0.759. The van der Waals surface area contributed by atoms with Crippen LogP contribution in [0.2, 0.25) is 0 Å². The Hall–Kier alpha value is -1.99. The summed E-state index contributed by atoms with van der Waals surface area (Å²) in [7, 11) is 1.64. The third-order valence-electron chi connectivity index (χ3n) is 3.33. The van der Waals surface area contributed by atoms with Crippen LogP contribution in [-0.4, -0.2) is 36.1 Å². The van der Waals surface area contributed by atoms with E-state index in [2.05, 4.69) is 36.5 Å². The number of hydrogen-bond acceptors (Lipinski definition) is 5. The molecule has 0 aliphatic heterocycles. The monoisotopic (exact) mass is 392 g/mol. The summed E-state index contributed by atoms with van der Waals surface area (Å²) in [5.74, 6) is 0.178. The third kappa shape index (κ3) is 5.28. The summed E-state index contributed by atoms with van der Waals surface area (Å²) in [6, 6.07) is 7.55. The van der Waals surface area contributed by atoms with Crippen LogP contribution in [-0.2, 0) is 4.74 Å². The van der Waals surface area contributed by atoms with Crippen molar-refractivity contribution >= 4 is 33.5 Å². The van der Waals surface area contributed by atoms with Crippen LogP contribution in [0.15, 0.2) is 28.7 Å². The van der Waals surface area contributed by atoms with Crippen LogP contribution in [0.1, 0.15) is 28.2 Å². The molecule has 0 bridgehead atoms. The van der Waals surface area contributed by atoms with Gasteiger partial charge in [-0.2, -0.15) is 0 Å². The highest BCUT2D eigenvalue weighted by atomic mass is 79.9. The first-order valence-corrected chi connectivity index (χ1v) is 8.45. The van der Waals surface area contributed by atoms with E-state index in [-0.39, 0.29) is 5.91 Å². The number of benzene rings is 1. The lowest BCUT2D eigenvalue weighted by Gasteiger charge is -2.10. The molecular weight excluding hydrogens is 372 g/mol. The predicted octanol–water partition coefficient (Wildman–Crippen LogP) is 3.37. The van der Waals surface area contributed by atoms with Gasteiger partial charge in [0, 0.05) is 36.1 Å². The first-order valence-electron chi connectivity index (χ1n) is 7.65. The quantitative estimate of drug-likeness (QED) is 0.706. The fourth-order valence-corrected chi connectivity index (χ4v) is 2.43. The molecule has 1 amide bonds. The van der Waals surface area contributed by atoms with Gasteiger partial charge in [-0.05, 0) is 44.0 Å². The van der Waals surface area contributed by atoms with Crippen LogP contribution in [0.3, 0.4) is 0 Å². The van der Waals surface area contributed by atoms with E-state index < -0.39 is 0 Å². The minimum atomic E-state index is -0.218. The van der Waals surface area contributed by atoms with Gasteiger partial charge >= 0.3 is 0 Å². The summed E-state index contributed by atoms with van der Waals surface area (Å²) >= 11 is 3.50. The molecule has 1 aromatic carbocycles. The fourth-order valence-electron chi connectivity index (χ4n) is 2.05. The van der Waals surface area contributed by atoms with Crippen LogP contribution in [0.5, 0.6) is 0 Å². The number of ether oxygens (including phenoxy) is 1. The van der Waals surface area contributed by atoms with E-state index in [1.165, 1.54) is 0 Å². The predicted molar refractivity (Wildman–Crippen MR) is 97.8 cm³/mol. The second-order valence-electron chi connectivity index (χ2n) is 5.41. The molecular formula is C17H21BrN4O2. The third-order valence-corrected chi connectivity index (χ3v) is 4.18. The van der Waals surface area contributed by atoms with Gasteiger partial charge in [0.25, 0.3) is 5.91 Å². The first-order chi connectivity index (χ1) is 11.5. The molecule has 0 unspecified atom stereocenters. The fraction of sp³-hybridized carbons (Fsp3) is 0.353. The number of methoxy groups -OCH3 is 1. The molecule has 0 spiro atoms. The summed E-state index contributed by atoms with van der Waals surface area (Å²) < 4.78 is 5.96. The Balaban J connectivity index is 2.10. The maximum Gasteiger partial charge on any atom is 0.270 e. The molecule has 2 rings (SSSR count). The summed E-state index contributed by atoms with van der Waals surface area (Å²) in [4.78, 5) is 20.8. The number of nitrogens with zero attached hydrogens (tertiary/aromatic N) is 2. The number of halogens is 1. The van der Waals surface area contributed by atoms with E-state index in [0.717, 1.165) is 27.8 Å². The molecule has 24 heavy (non-hydrogen) atoms. The van der Waals surface area contributed by atoms with Crippen LogP contribution in [0.25, 0.3) is 0 Å². The van der Waals surface area contributed by atoms with Crippen LogP contribution in [0.4, 0.5) is 11.6 Å². The number of nitrogens with one attached hydrogen (secondary N) is 2. The number of anilines is 2. The highest BCUT2D eigenvalue weighted by molar-refractivity contribution is 9.10. The van der Waals surface area contributed by atoms with Gasteiger partial charge < -0.3 is 15.4 Å². The molecule has 2 N–H and O–H groups in total. The number of hydrogen-bond donors (Lipinski definition) is 2. The number of rotatable bonds is 7. The minimum absolute atomic E-state index is 0.218. The minimum Gasteiger partial charge on any atom is -0.385 e. The van der Waals surface area contributed by atoms with Crippen molar-refractivity contribution in [3.63, 3.8) is 0 Å². The van der Waals surface area contributed by atoms with Gasteiger partial charge in [-0.15, -0.1) is 0 Å². The Morgan fingerprint density at radius 3 is 2.75 bits per heavy atom. The number of carbonyl (C=O) groups excluding carboxylic acids is 1. The second-order valence-corrected chi connectivity index (χ2v) is 6.26. The van der Waals surface area contributed by atoms with Gasteiger partial charge in [0.15, 0.2) is 0 Å². The van der Waals surface area contributed by atoms with E-state index >= 15 is 0 Å². The molecule has 0 atom stereocenters. The molecule has 2 aromatic rings. The Morgan fingerprint density at radius 2 is 2.04 bits per heavy atom. The lowest BCUT2D eigenvalue weighted by molar-refractivity contribution is 0.0943. The molecule has 0 aliphatic carbocycles. The number of aryl methyl sites for hydroxylation is 2. The molecule has 1 aromatic heterocycles. The molecule has 0 saturated carbocycles. The van der Waals surface area contributed by atoms with Crippen molar-refractivity contribution < 1.29 is 9.53 Å². The van der Waals surface area contributed by atoms with Gasteiger partial charge in [0.2, 0.25) is 5.95 Å². The average molecular weight is 393 g/mol. The van der Waals surface area contributed by atoms with E-state index in [9.17, 15) is 4.79 Å². The average Bonchev–Trinajstić information content (AvgIpc) is 2.54. The summed E-state index contributed by atoms with van der Waals surface area (Å²) in [5.41, 5.74) is 3.06. The molecule has 0 radical (unpaired) electrons. The van der Waals surface area contributed by atoms with Crippen molar-refractivity contribution in [2.45, 2.75) is 20.3 Å². The van der Waals surface area contributed by atoms with Crippen molar-refractivity contribution in [1.82, 2.24) is 15.3 Å². The van der Waals surface area contributed by atoms with Gasteiger partial charge in [-0.25, -0.2) is 9.97 Å². The zero-order chi connectivity index (χ0) is 17.5. The Bertz CT molecular complexity index is 722. The lowest BCUT2D eigenvalue weighted by atomic mass is 10.2. The lowest BCUT2D eigenvalue weighted by Crippen LogP contribution is -2.26. The van der Waals surface area contributed by atoms with E-state index in [0.29, 0.717) is 24.8 Å². The molecule has 6 nitrogen and oxygen atoms in total. The largest absolute Gasteiger partial charge is 0.385 e. The number of carbonyl (C=O) groups is 1. The second kappa shape index (κ2) is 8.75. The smallest absolute Gasteiger partial charge is 0.270 e. The van der Waals surface area contributed by atoms with E-state index in [1.807, 2.05) is 32.0 Å². The zero-order valence-electron chi connectivity index (χ0n) is 14.0. The Kier molecular flexibility index (Phi) is 6.69. The van der Waals surface area contributed by atoms with Crippen LogP contribution in [0, 0.1) is 13.8 Å². The molecule has 0 fully saturated rings. The van der Waals surface area contributed by atoms with Crippen molar-refractivity contribution in [3.8, 4) is 0 Å². The number of aromatic nitrogens is 2. The summed E-state index contributed by atoms with van der Waals surface area (Å²) in [6.45, 7) is 5.00. The maximum absolute atomic E-state index is 12.2. The normalized spacial score (nSPS) is 10.5. The SMILES string of the molecule is COCCCNC(=O)c1cc(C)nc(Nc2ccc(C)c(Br)c2)n1. The molecule has 128 valence electrons. The van der Waals surface area contributed by atoms with Crippen LogP contribution >= 0.6 is 15.9 Å². The van der Waals surface area contributed by atoms with Gasteiger partial charge in [0.05, 0.1) is 0 Å². The van der Waals surface area contributed by atoms with Crippen molar-refractivity contribution in [2.24, 2.45) is 0 Å². The van der Waals surface area contributed by atoms with Crippen LogP contribution < -0.4 is 10.6 Å². The van der Waals surface area contributed by atoms with Crippen molar-refractivity contribution in [3.05, 3.63) is 45.7 Å². The van der Waals surface area contributed by atoms with Gasteiger partial charge in [0.1, 0.15) is 5.69 Å².